The average molecular weight is 397 g/mol. The number of rotatable bonds is 4. The fraction of sp³-hybridized carbons (Fsp3) is 0.263. The fourth-order valence-electron chi connectivity index (χ4n) is 3.22. The SMILES string of the molecule is N#C/C(=C\c1cccc(Br)n1)C(=O)NC1(c2ccncc2)CCCC1. The van der Waals surface area contributed by atoms with Gasteiger partial charge in [0.1, 0.15) is 16.2 Å². The third kappa shape index (κ3) is 3.94. The standard InChI is InChI=1S/C19H17BrN4O/c20-17-5-3-4-16(23-17)12-14(13-21)18(25)24-19(8-1-2-9-19)15-6-10-22-11-7-15/h3-7,10-12H,1-2,8-9H2,(H,24,25)/b14-12+. The topological polar surface area (TPSA) is 78.7 Å². The minimum absolute atomic E-state index is 0.0472. The van der Waals surface area contributed by atoms with E-state index in [1.54, 1.807) is 24.5 Å². The van der Waals surface area contributed by atoms with E-state index < -0.39 is 5.54 Å². The molecule has 0 spiro atoms. The first kappa shape index (κ1) is 17.3. The van der Waals surface area contributed by atoms with Gasteiger partial charge in [0.05, 0.1) is 11.2 Å². The number of halogens is 1. The van der Waals surface area contributed by atoms with Crippen LogP contribution in [0.15, 0.2) is 52.9 Å². The number of nitriles is 1. The van der Waals surface area contributed by atoms with Crippen LogP contribution in [-0.4, -0.2) is 15.9 Å². The van der Waals surface area contributed by atoms with Crippen molar-refractivity contribution in [2.75, 3.05) is 0 Å². The van der Waals surface area contributed by atoms with Crippen LogP contribution < -0.4 is 5.32 Å². The van der Waals surface area contributed by atoms with Crippen molar-refractivity contribution in [1.82, 2.24) is 15.3 Å². The zero-order chi connectivity index (χ0) is 17.7. The van der Waals surface area contributed by atoms with Crippen LogP contribution in [0.2, 0.25) is 0 Å². The Morgan fingerprint density at radius 3 is 2.60 bits per heavy atom. The molecule has 1 amide bonds. The number of hydrogen-bond acceptors (Lipinski definition) is 4. The van der Waals surface area contributed by atoms with Crippen LogP contribution >= 0.6 is 15.9 Å². The molecule has 0 unspecified atom stereocenters. The van der Waals surface area contributed by atoms with Crippen molar-refractivity contribution in [3.8, 4) is 6.07 Å². The maximum Gasteiger partial charge on any atom is 0.262 e. The molecular formula is C19H17BrN4O. The lowest BCUT2D eigenvalue weighted by atomic mass is 9.88. The number of aromatic nitrogens is 2. The molecule has 0 aliphatic heterocycles. The van der Waals surface area contributed by atoms with Crippen molar-refractivity contribution < 1.29 is 4.79 Å². The molecule has 1 saturated carbocycles. The maximum atomic E-state index is 12.7. The van der Waals surface area contributed by atoms with Crippen molar-refractivity contribution >= 4 is 27.9 Å². The van der Waals surface area contributed by atoms with Gasteiger partial charge in [-0.25, -0.2) is 4.98 Å². The second-order valence-corrected chi connectivity index (χ2v) is 6.85. The highest BCUT2D eigenvalue weighted by Gasteiger charge is 2.37. The molecule has 1 aliphatic carbocycles. The summed E-state index contributed by atoms with van der Waals surface area (Å²) < 4.78 is 0.656. The molecule has 2 heterocycles. The third-order valence-electron chi connectivity index (χ3n) is 4.44. The summed E-state index contributed by atoms with van der Waals surface area (Å²) in [5.74, 6) is -0.372. The van der Waals surface area contributed by atoms with Crippen molar-refractivity contribution in [3.63, 3.8) is 0 Å². The van der Waals surface area contributed by atoms with Crippen LogP contribution in [0, 0.1) is 11.3 Å². The number of carbonyl (C=O) groups excluding carboxylic acids is 1. The molecule has 0 saturated heterocycles. The largest absolute Gasteiger partial charge is 0.342 e. The molecule has 6 heteroatoms. The third-order valence-corrected chi connectivity index (χ3v) is 4.88. The Labute approximate surface area is 154 Å². The number of hydrogen-bond donors (Lipinski definition) is 1. The van der Waals surface area contributed by atoms with E-state index in [2.05, 4.69) is 31.2 Å². The van der Waals surface area contributed by atoms with Gasteiger partial charge >= 0.3 is 0 Å². The van der Waals surface area contributed by atoms with E-state index in [4.69, 9.17) is 0 Å². The van der Waals surface area contributed by atoms with Crippen molar-refractivity contribution in [3.05, 3.63) is 64.2 Å². The first-order valence-electron chi connectivity index (χ1n) is 8.10. The minimum atomic E-state index is -0.430. The van der Waals surface area contributed by atoms with Gasteiger partial charge in [0.2, 0.25) is 0 Å². The van der Waals surface area contributed by atoms with E-state index in [0.29, 0.717) is 10.3 Å². The zero-order valence-corrected chi connectivity index (χ0v) is 15.2. The second-order valence-electron chi connectivity index (χ2n) is 6.03. The molecule has 0 aromatic carbocycles. The van der Waals surface area contributed by atoms with E-state index >= 15 is 0 Å². The summed E-state index contributed by atoms with van der Waals surface area (Å²) in [5, 5.41) is 12.5. The predicted molar refractivity (Wildman–Crippen MR) is 98.1 cm³/mol. The van der Waals surface area contributed by atoms with E-state index in [1.807, 2.05) is 24.3 Å². The molecule has 2 aromatic heterocycles. The molecule has 0 radical (unpaired) electrons. The van der Waals surface area contributed by atoms with Gasteiger partial charge in [-0.2, -0.15) is 5.26 Å². The van der Waals surface area contributed by atoms with Gasteiger partial charge in [0.25, 0.3) is 5.91 Å². The molecule has 5 nitrogen and oxygen atoms in total. The number of nitrogens with zero attached hydrogens (tertiary/aromatic N) is 3. The number of pyridine rings is 2. The van der Waals surface area contributed by atoms with Crippen LogP contribution in [0.5, 0.6) is 0 Å². The van der Waals surface area contributed by atoms with Gasteiger partial charge in [0, 0.05) is 12.4 Å². The maximum absolute atomic E-state index is 12.7. The lowest BCUT2D eigenvalue weighted by Gasteiger charge is -2.30. The van der Waals surface area contributed by atoms with Crippen molar-refractivity contribution in [2.24, 2.45) is 0 Å². The highest BCUT2D eigenvalue weighted by Crippen LogP contribution is 2.38. The quantitative estimate of drug-likeness (QED) is 0.485. The van der Waals surface area contributed by atoms with Gasteiger partial charge in [-0.3, -0.25) is 9.78 Å². The molecule has 1 aliphatic rings. The number of carbonyl (C=O) groups is 1. The van der Waals surface area contributed by atoms with Crippen molar-refractivity contribution in [2.45, 2.75) is 31.2 Å². The summed E-state index contributed by atoms with van der Waals surface area (Å²) in [6.45, 7) is 0. The Kier molecular flexibility index (Phi) is 5.25. The Bertz CT molecular complexity index is 836. The van der Waals surface area contributed by atoms with E-state index in [-0.39, 0.29) is 11.5 Å². The average Bonchev–Trinajstić information content (AvgIpc) is 3.10. The summed E-state index contributed by atoms with van der Waals surface area (Å²) >= 11 is 3.29. The Balaban J connectivity index is 1.87. The molecular weight excluding hydrogens is 380 g/mol. The highest BCUT2D eigenvalue weighted by atomic mass is 79.9. The Hall–Kier alpha value is -2.52. The van der Waals surface area contributed by atoms with Crippen LogP contribution in [0.4, 0.5) is 0 Å². The van der Waals surface area contributed by atoms with Gasteiger partial charge < -0.3 is 5.32 Å². The summed E-state index contributed by atoms with van der Waals surface area (Å²) in [7, 11) is 0. The molecule has 0 bridgehead atoms. The van der Waals surface area contributed by atoms with E-state index in [0.717, 1.165) is 31.2 Å². The molecule has 25 heavy (non-hydrogen) atoms. The summed E-state index contributed by atoms with van der Waals surface area (Å²) in [5.41, 5.74) is 1.21. The second kappa shape index (κ2) is 7.58. The van der Waals surface area contributed by atoms with E-state index in [9.17, 15) is 10.1 Å². The van der Waals surface area contributed by atoms with Gasteiger partial charge in [-0.1, -0.05) is 18.9 Å². The van der Waals surface area contributed by atoms with Crippen LogP contribution in [0.25, 0.3) is 6.08 Å². The number of amides is 1. The minimum Gasteiger partial charge on any atom is -0.342 e. The summed E-state index contributed by atoms with van der Waals surface area (Å²) in [6, 6.07) is 11.2. The van der Waals surface area contributed by atoms with E-state index in [1.165, 1.54) is 6.08 Å². The molecule has 1 N–H and O–H groups in total. The lowest BCUT2D eigenvalue weighted by molar-refractivity contribution is -0.119. The Morgan fingerprint density at radius 1 is 1.24 bits per heavy atom. The molecule has 3 rings (SSSR count). The van der Waals surface area contributed by atoms with Crippen molar-refractivity contribution in [1.29, 1.82) is 5.26 Å². The van der Waals surface area contributed by atoms with Gasteiger partial charge in [0.15, 0.2) is 0 Å². The lowest BCUT2D eigenvalue weighted by Crippen LogP contribution is -2.44. The monoisotopic (exact) mass is 396 g/mol. The molecule has 1 fully saturated rings. The highest BCUT2D eigenvalue weighted by molar-refractivity contribution is 9.10. The molecule has 126 valence electrons. The number of nitrogens with one attached hydrogen (secondary N) is 1. The normalized spacial score (nSPS) is 16.2. The predicted octanol–water partition coefficient (Wildman–Crippen LogP) is 3.73. The molecule has 0 atom stereocenters. The van der Waals surface area contributed by atoms with Crippen LogP contribution in [0.3, 0.4) is 0 Å². The van der Waals surface area contributed by atoms with Crippen LogP contribution in [0.1, 0.15) is 36.9 Å². The first-order chi connectivity index (χ1) is 12.1. The summed E-state index contributed by atoms with van der Waals surface area (Å²) in [4.78, 5) is 21.0. The van der Waals surface area contributed by atoms with Gasteiger partial charge in [-0.15, -0.1) is 0 Å². The first-order valence-corrected chi connectivity index (χ1v) is 8.90. The zero-order valence-electron chi connectivity index (χ0n) is 13.6. The fourth-order valence-corrected chi connectivity index (χ4v) is 3.58. The smallest absolute Gasteiger partial charge is 0.262 e. The Morgan fingerprint density at radius 2 is 1.96 bits per heavy atom. The summed E-state index contributed by atoms with van der Waals surface area (Å²) in [6.07, 6.45) is 8.77. The van der Waals surface area contributed by atoms with Gasteiger partial charge in [-0.05, 0) is 64.7 Å². The molecule has 2 aromatic rings. The van der Waals surface area contributed by atoms with Crippen LogP contribution in [-0.2, 0) is 10.3 Å².